The fraction of sp³-hybridized carbons (Fsp3) is 0.0556. The van der Waals surface area contributed by atoms with Crippen LogP contribution in [0.15, 0.2) is 81.4 Å². The molecule has 1 aromatic heterocycles. The molecule has 0 bridgehead atoms. The number of halogens is 1. The number of carbonyl (C=O) groups is 1. The summed E-state index contributed by atoms with van der Waals surface area (Å²) in [5, 5.41) is 5.87. The van der Waals surface area contributed by atoms with Crippen molar-refractivity contribution in [2.24, 2.45) is 0 Å². The number of hydrogen-bond donors (Lipinski definition) is 1. The summed E-state index contributed by atoms with van der Waals surface area (Å²) < 4.78 is 39.1. The van der Waals surface area contributed by atoms with Crippen molar-refractivity contribution in [1.82, 2.24) is 9.78 Å². The Hall–Kier alpha value is -3.33. The van der Waals surface area contributed by atoms with Gasteiger partial charge in [0.05, 0.1) is 4.90 Å². The van der Waals surface area contributed by atoms with Gasteiger partial charge in [-0.05, 0) is 36.4 Å². The van der Waals surface area contributed by atoms with Crippen LogP contribution < -0.4 is 10.9 Å². The van der Waals surface area contributed by atoms with E-state index in [-0.39, 0.29) is 15.6 Å². The van der Waals surface area contributed by atoms with Gasteiger partial charge < -0.3 is 5.32 Å². The first kappa shape index (κ1) is 18.5. The van der Waals surface area contributed by atoms with Gasteiger partial charge in [-0.15, -0.1) is 0 Å². The van der Waals surface area contributed by atoms with E-state index in [2.05, 4.69) is 10.4 Å². The summed E-state index contributed by atoms with van der Waals surface area (Å²) in [5.74, 6) is -1.18. The van der Waals surface area contributed by atoms with Crippen molar-refractivity contribution in [1.29, 1.82) is 0 Å². The van der Waals surface area contributed by atoms with Crippen LogP contribution in [0.2, 0.25) is 0 Å². The molecule has 1 amide bonds. The monoisotopic (exact) mass is 387 g/mol. The largest absolute Gasteiger partial charge is 0.324 e. The van der Waals surface area contributed by atoms with Gasteiger partial charge in [-0.3, -0.25) is 9.59 Å². The summed E-state index contributed by atoms with van der Waals surface area (Å²) in [6.07, 6.45) is 0. The van der Waals surface area contributed by atoms with Crippen molar-refractivity contribution in [3.63, 3.8) is 0 Å². The van der Waals surface area contributed by atoms with Crippen molar-refractivity contribution in [3.8, 4) is 0 Å². The van der Waals surface area contributed by atoms with Crippen LogP contribution in [0.4, 0.5) is 10.1 Å². The number of benzene rings is 2. The number of anilines is 1. The molecule has 0 spiro atoms. The van der Waals surface area contributed by atoms with Gasteiger partial charge in [0.1, 0.15) is 12.4 Å². The van der Waals surface area contributed by atoms with Crippen LogP contribution in [0.1, 0.15) is 0 Å². The van der Waals surface area contributed by atoms with Crippen LogP contribution in [0, 0.1) is 5.82 Å². The smallest absolute Gasteiger partial charge is 0.267 e. The average molecular weight is 387 g/mol. The Balaban J connectivity index is 1.86. The summed E-state index contributed by atoms with van der Waals surface area (Å²) in [6, 6.07) is 15.0. The van der Waals surface area contributed by atoms with E-state index in [1.54, 1.807) is 18.2 Å². The minimum absolute atomic E-state index is 0.0203. The number of sulfone groups is 1. The third-order valence-electron chi connectivity index (χ3n) is 3.57. The van der Waals surface area contributed by atoms with Crippen molar-refractivity contribution in [2.75, 3.05) is 5.32 Å². The van der Waals surface area contributed by atoms with Crippen LogP contribution in [0.25, 0.3) is 0 Å². The lowest BCUT2D eigenvalue weighted by molar-refractivity contribution is -0.117. The normalized spacial score (nSPS) is 11.1. The van der Waals surface area contributed by atoms with Crippen molar-refractivity contribution >= 4 is 21.4 Å². The van der Waals surface area contributed by atoms with Gasteiger partial charge in [0.25, 0.3) is 5.56 Å². The maximum atomic E-state index is 13.2. The molecule has 1 N–H and O–H groups in total. The fourth-order valence-corrected chi connectivity index (χ4v) is 3.52. The van der Waals surface area contributed by atoms with E-state index in [4.69, 9.17) is 0 Å². The number of hydrogen-bond acceptors (Lipinski definition) is 5. The molecule has 0 aliphatic rings. The predicted molar refractivity (Wildman–Crippen MR) is 95.4 cm³/mol. The van der Waals surface area contributed by atoms with Crippen LogP contribution in [-0.4, -0.2) is 24.1 Å². The Kier molecular flexibility index (Phi) is 5.13. The molecule has 0 aliphatic heterocycles. The molecule has 0 fully saturated rings. The molecule has 138 valence electrons. The third-order valence-corrected chi connectivity index (χ3v) is 5.23. The summed E-state index contributed by atoms with van der Waals surface area (Å²) in [7, 11) is -3.93. The highest BCUT2D eigenvalue weighted by Crippen LogP contribution is 2.17. The number of aromatic nitrogens is 2. The molecule has 0 aliphatic carbocycles. The predicted octanol–water partition coefficient (Wildman–Crippen LogP) is 1.85. The number of amides is 1. The molecule has 9 heteroatoms. The lowest BCUT2D eigenvalue weighted by Crippen LogP contribution is -2.30. The lowest BCUT2D eigenvalue weighted by atomic mass is 10.3. The molecular formula is C18H14FN3O4S. The molecule has 27 heavy (non-hydrogen) atoms. The van der Waals surface area contributed by atoms with Gasteiger partial charge in [0.15, 0.2) is 5.03 Å². The molecule has 0 saturated heterocycles. The zero-order valence-corrected chi connectivity index (χ0v) is 14.7. The molecular weight excluding hydrogens is 373 g/mol. The SMILES string of the molecule is O=C(Cn1nc(S(=O)(=O)c2ccccc2)ccc1=O)Nc1cccc(F)c1. The highest BCUT2D eigenvalue weighted by molar-refractivity contribution is 7.91. The van der Waals surface area contributed by atoms with Gasteiger partial charge in [0.2, 0.25) is 15.7 Å². The van der Waals surface area contributed by atoms with Gasteiger partial charge in [-0.25, -0.2) is 17.5 Å². The van der Waals surface area contributed by atoms with E-state index in [0.29, 0.717) is 0 Å². The van der Waals surface area contributed by atoms with E-state index in [9.17, 15) is 22.4 Å². The van der Waals surface area contributed by atoms with Crippen LogP contribution >= 0.6 is 0 Å². The molecule has 3 aromatic rings. The van der Waals surface area contributed by atoms with Gasteiger partial charge in [-0.1, -0.05) is 24.3 Å². The first-order valence-corrected chi connectivity index (χ1v) is 9.28. The highest BCUT2D eigenvalue weighted by atomic mass is 32.2. The summed E-state index contributed by atoms with van der Waals surface area (Å²) >= 11 is 0. The minimum Gasteiger partial charge on any atom is -0.324 e. The molecule has 3 rings (SSSR count). The van der Waals surface area contributed by atoms with E-state index >= 15 is 0 Å². The van der Waals surface area contributed by atoms with Crippen molar-refractivity contribution in [3.05, 3.63) is 82.9 Å². The second-order valence-corrected chi connectivity index (χ2v) is 7.44. The lowest BCUT2D eigenvalue weighted by Gasteiger charge is -2.09. The van der Waals surface area contributed by atoms with Gasteiger partial charge >= 0.3 is 0 Å². The fourth-order valence-electron chi connectivity index (χ4n) is 2.31. The standard InChI is InChI=1S/C18H14FN3O4S/c19-13-5-4-6-14(11-13)20-16(23)12-22-18(24)10-9-17(21-22)27(25,26)15-7-2-1-3-8-15/h1-11H,12H2,(H,20,23). The Bertz CT molecular complexity index is 1140. The molecule has 0 atom stereocenters. The summed E-state index contributed by atoms with van der Waals surface area (Å²) in [6.45, 7) is -0.520. The number of nitrogens with zero attached hydrogens (tertiary/aromatic N) is 2. The second kappa shape index (κ2) is 7.50. The maximum Gasteiger partial charge on any atom is 0.267 e. The molecule has 0 saturated carbocycles. The van der Waals surface area contributed by atoms with Crippen LogP contribution in [0.3, 0.4) is 0 Å². The first-order chi connectivity index (χ1) is 12.9. The van der Waals surface area contributed by atoms with E-state index in [1.165, 1.54) is 30.3 Å². The highest BCUT2D eigenvalue weighted by Gasteiger charge is 2.20. The second-order valence-electron chi connectivity index (χ2n) is 5.54. The summed E-state index contributed by atoms with van der Waals surface area (Å²) in [5.41, 5.74) is -0.433. The Morgan fingerprint density at radius 2 is 1.78 bits per heavy atom. The number of nitrogens with one attached hydrogen (secondary N) is 1. The summed E-state index contributed by atoms with van der Waals surface area (Å²) in [4.78, 5) is 24.1. The zero-order chi connectivity index (χ0) is 19.4. The third kappa shape index (κ3) is 4.26. The van der Waals surface area contributed by atoms with Crippen LogP contribution in [-0.2, 0) is 21.2 Å². The molecule has 0 radical (unpaired) electrons. The Morgan fingerprint density at radius 1 is 1.04 bits per heavy atom. The zero-order valence-electron chi connectivity index (χ0n) is 13.9. The van der Waals surface area contributed by atoms with Gasteiger partial charge in [0, 0.05) is 11.8 Å². The molecule has 7 nitrogen and oxygen atoms in total. The Labute approximate surface area is 154 Å². The molecule has 1 heterocycles. The van der Waals surface area contributed by atoms with Crippen molar-refractivity contribution in [2.45, 2.75) is 16.5 Å². The van der Waals surface area contributed by atoms with E-state index in [0.717, 1.165) is 22.9 Å². The molecule has 0 unspecified atom stereocenters. The van der Waals surface area contributed by atoms with Crippen molar-refractivity contribution < 1.29 is 17.6 Å². The topological polar surface area (TPSA) is 98.1 Å². The van der Waals surface area contributed by atoms with Crippen LogP contribution in [0.5, 0.6) is 0 Å². The minimum atomic E-state index is -3.93. The first-order valence-electron chi connectivity index (χ1n) is 7.80. The quantitative estimate of drug-likeness (QED) is 0.721. The van der Waals surface area contributed by atoms with E-state index in [1.807, 2.05) is 0 Å². The van der Waals surface area contributed by atoms with Gasteiger partial charge in [-0.2, -0.15) is 5.10 Å². The maximum absolute atomic E-state index is 13.2. The molecule has 2 aromatic carbocycles. The Morgan fingerprint density at radius 3 is 2.48 bits per heavy atom. The number of carbonyl (C=O) groups excluding carboxylic acids is 1. The number of rotatable bonds is 5. The average Bonchev–Trinajstić information content (AvgIpc) is 2.64. The van der Waals surface area contributed by atoms with E-state index < -0.39 is 33.7 Å².